The van der Waals surface area contributed by atoms with Gasteiger partial charge in [-0.25, -0.2) is 0 Å². The second kappa shape index (κ2) is 4.94. The Kier molecular flexibility index (Phi) is 3.73. The molecule has 1 aromatic carbocycles. The lowest BCUT2D eigenvalue weighted by molar-refractivity contribution is 0.609. The summed E-state index contributed by atoms with van der Waals surface area (Å²) in [5.74, 6) is 0.818. The summed E-state index contributed by atoms with van der Waals surface area (Å²) in [6, 6.07) is 6.59. The van der Waals surface area contributed by atoms with Crippen molar-refractivity contribution in [2.75, 3.05) is 11.9 Å². The van der Waals surface area contributed by atoms with Crippen molar-refractivity contribution in [3.8, 4) is 0 Å². The maximum Gasteiger partial charge on any atom is 0.106 e. The summed E-state index contributed by atoms with van der Waals surface area (Å²) < 4.78 is 1.06. The Morgan fingerprint density at radius 1 is 1.53 bits per heavy atom. The molecule has 1 aliphatic rings. The highest BCUT2D eigenvalue weighted by molar-refractivity contribution is 9.10. The van der Waals surface area contributed by atoms with Gasteiger partial charge in [0.05, 0.1) is 0 Å². The largest absolute Gasteiger partial charge is 0.389 e. The zero-order chi connectivity index (χ0) is 12.6. The first kappa shape index (κ1) is 12.8. The molecule has 0 saturated heterocycles. The molecule has 2 N–H and O–H groups in total. The highest BCUT2D eigenvalue weighted by Crippen LogP contribution is 2.37. The maximum absolute atomic E-state index is 5.78. The molecule has 0 heterocycles. The third-order valence-electron chi connectivity index (χ3n) is 3.52. The standard InChI is InChI=1S/C13H17BrN2S/c1-8(9-3-4-9)16(2)12-7-10(14)5-6-11(12)13(15)17/h5-9H,3-4H2,1-2H3,(H2,15,17). The first-order chi connectivity index (χ1) is 8.00. The van der Waals surface area contributed by atoms with E-state index in [0.29, 0.717) is 11.0 Å². The van der Waals surface area contributed by atoms with Gasteiger partial charge in [0.25, 0.3) is 0 Å². The molecule has 1 fully saturated rings. The van der Waals surface area contributed by atoms with Crippen molar-refractivity contribution in [1.82, 2.24) is 0 Å². The predicted molar refractivity (Wildman–Crippen MR) is 80.6 cm³/mol. The van der Waals surface area contributed by atoms with Crippen LogP contribution in [0.15, 0.2) is 22.7 Å². The van der Waals surface area contributed by atoms with Crippen molar-refractivity contribution in [3.05, 3.63) is 28.2 Å². The molecule has 1 atom stereocenters. The molecule has 0 aromatic heterocycles. The second-order valence-corrected chi connectivity index (χ2v) is 6.07. The van der Waals surface area contributed by atoms with Gasteiger partial charge in [0.15, 0.2) is 0 Å². The molecule has 92 valence electrons. The van der Waals surface area contributed by atoms with Gasteiger partial charge in [0.2, 0.25) is 0 Å². The molecule has 1 aromatic rings. The van der Waals surface area contributed by atoms with Crippen LogP contribution in [0.1, 0.15) is 25.3 Å². The summed E-state index contributed by atoms with van der Waals surface area (Å²) in [7, 11) is 2.12. The van der Waals surface area contributed by atoms with Crippen LogP contribution in [-0.2, 0) is 0 Å². The first-order valence-electron chi connectivity index (χ1n) is 5.83. The van der Waals surface area contributed by atoms with Crippen LogP contribution in [0.4, 0.5) is 5.69 Å². The minimum Gasteiger partial charge on any atom is -0.389 e. The van der Waals surface area contributed by atoms with E-state index in [-0.39, 0.29) is 0 Å². The van der Waals surface area contributed by atoms with Crippen LogP contribution in [0.25, 0.3) is 0 Å². The summed E-state index contributed by atoms with van der Waals surface area (Å²) in [5.41, 5.74) is 7.86. The topological polar surface area (TPSA) is 29.3 Å². The Bertz CT molecular complexity index is 443. The van der Waals surface area contributed by atoms with Crippen LogP contribution in [0.5, 0.6) is 0 Å². The molecule has 1 saturated carbocycles. The summed E-state index contributed by atoms with van der Waals surface area (Å²) in [5, 5.41) is 0. The molecule has 2 rings (SSSR count). The van der Waals surface area contributed by atoms with Crippen LogP contribution in [0, 0.1) is 5.92 Å². The van der Waals surface area contributed by atoms with E-state index in [4.69, 9.17) is 18.0 Å². The maximum atomic E-state index is 5.78. The smallest absolute Gasteiger partial charge is 0.106 e. The molecule has 17 heavy (non-hydrogen) atoms. The normalized spacial score (nSPS) is 16.6. The fourth-order valence-electron chi connectivity index (χ4n) is 2.12. The monoisotopic (exact) mass is 312 g/mol. The molecule has 4 heteroatoms. The Morgan fingerprint density at radius 3 is 2.71 bits per heavy atom. The highest BCUT2D eigenvalue weighted by Gasteiger charge is 2.31. The summed E-state index contributed by atoms with van der Waals surface area (Å²) >= 11 is 8.62. The van der Waals surface area contributed by atoms with Crippen LogP contribution >= 0.6 is 28.1 Å². The first-order valence-corrected chi connectivity index (χ1v) is 7.03. The average molecular weight is 313 g/mol. The Hall–Kier alpha value is -0.610. The van der Waals surface area contributed by atoms with Gasteiger partial charge >= 0.3 is 0 Å². The molecule has 1 unspecified atom stereocenters. The number of benzene rings is 1. The number of hydrogen-bond donors (Lipinski definition) is 1. The lowest BCUT2D eigenvalue weighted by Gasteiger charge is -2.29. The van der Waals surface area contributed by atoms with E-state index in [1.54, 1.807) is 0 Å². The van der Waals surface area contributed by atoms with Crippen molar-refractivity contribution in [2.45, 2.75) is 25.8 Å². The van der Waals surface area contributed by atoms with Crippen molar-refractivity contribution in [3.63, 3.8) is 0 Å². The van der Waals surface area contributed by atoms with Crippen LogP contribution in [0.2, 0.25) is 0 Å². The molecular formula is C13H17BrN2S. The van der Waals surface area contributed by atoms with E-state index in [1.165, 1.54) is 12.8 Å². The van der Waals surface area contributed by atoms with E-state index in [2.05, 4.69) is 40.9 Å². The lowest BCUT2D eigenvalue weighted by Crippen LogP contribution is -2.32. The van der Waals surface area contributed by atoms with E-state index in [1.807, 2.05) is 12.1 Å². The van der Waals surface area contributed by atoms with Crippen molar-refractivity contribution >= 4 is 38.8 Å². The molecule has 0 spiro atoms. The van der Waals surface area contributed by atoms with Crippen LogP contribution < -0.4 is 10.6 Å². The fraction of sp³-hybridized carbons (Fsp3) is 0.462. The molecule has 2 nitrogen and oxygen atoms in total. The number of nitrogens with two attached hydrogens (primary N) is 1. The fourth-order valence-corrected chi connectivity index (χ4v) is 2.64. The number of hydrogen-bond acceptors (Lipinski definition) is 2. The Labute approximate surface area is 116 Å². The van der Waals surface area contributed by atoms with Crippen LogP contribution in [-0.4, -0.2) is 18.1 Å². The minimum absolute atomic E-state index is 0.461. The van der Waals surface area contributed by atoms with E-state index in [0.717, 1.165) is 21.6 Å². The third-order valence-corrected chi connectivity index (χ3v) is 4.23. The van der Waals surface area contributed by atoms with E-state index >= 15 is 0 Å². The molecular weight excluding hydrogens is 296 g/mol. The number of nitrogens with zero attached hydrogens (tertiary/aromatic N) is 1. The summed E-state index contributed by atoms with van der Waals surface area (Å²) in [6.07, 6.45) is 2.67. The average Bonchev–Trinajstić information content (AvgIpc) is 3.10. The zero-order valence-corrected chi connectivity index (χ0v) is 12.5. The third kappa shape index (κ3) is 2.80. The molecule has 0 amide bonds. The van der Waals surface area contributed by atoms with Crippen molar-refractivity contribution < 1.29 is 0 Å². The van der Waals surface area contributed by atoms with Crippen molar-refractivity contribution in [2.24, 2.45) is 11.7 Å². The lowest BCUT2D eigenvalue weighted by atomic mass is 10.1. The quantitative estimate of drug-likeness (QED) is 0.865. The number of thiocarbonyl (C=S) groups is 1. The summed E-state index contributed by atoms with van der Waals surface area (Å²) in [6.45, 7) is 2.27. The van der Waals surface area contributed by atoms with Gasteiger partial charge in [-0.3, -0.25) is 0 Å². The number of rotatable bonds is 4. The van der Waals surface area contributed by atoms with Gasteiger partial charge in [-0.05, 0) is 43.9 Å². The van der Waals surface area contributed by atoms with Gasteiger partial charge < -0.3 is 10.6 Å². The summed E-state index contributed by atoms with van der Waals surface area (Å²) in [4.78, 5) is 2.75. The van der Waals surface area contributed by atoms with Gasteiger partial charge in [0.1, 0.15) is 4.99 Å². The Balaban J connectivity index is 2.34. The second-order valence-electron chi connectivity index (χ2n) is 4.71. The van der Waals surface area contributed by atoms with Gasteiger partial charge in [0, 0.05) is 28.8 Å². The van der Waals surface area contributed by atoms with Gasteiger partial charge in [-0.1, -0.05) is 28.1 Å². The van der Waals surface area contributed by atoms with Gasteiger partial charge in [-0.2, -0.15) is 0 Å². The SMILES string of the molecule is CC(C1CC1)N(C)c1cc(Br)ccc1C(N)=S. The molecule has 0 radical (unpaired) electrons. The minimum atomic E-state index is 0.461. The highest BCUT2D eigenvalue weighted by atomic mass is 79.9. The number of halogens is 1. The van der Waals surface area contributed by atoms with E-state index < -0.39 is 0 Å². The number of anilines is 1. The van der Waals surface area contributed by atoms with Crippen molar-refractivity contribution in [1.29, 1.82) is 0 Å². The Morgan fingerprint density at radius 2 is 2.18 bits per heavy atom. The molecule has 0 aliphatic heterocycles. The molecule has 1 aliphatic carbocycles. The predicted octanol–water partition coefficient (Wildman–Crippen LogP) is 3.32. The molecule has 0 bridgehead atoms. The zero-order valence-electron chi connectivity index (χ0n) is 10.1. The van der Waals surface area contributed by atoms with Gasteiger partial charge in [-0.15, -0.1) is 0 Å². The van der Waals surface area contributed by atoms with E-state index in [9.17, 15) is 0 Å². The van der Waals surface area contributed by atoms with Crippen LogP contribution in [0.3, 0.4) is 0 Å².